The summed E-state index contributed by atoms with van der Waals surface area (Å²) in [5.74, 6) is 0.771. The van der Waals surface area contributed by atoms with Gasteiger partial charge in [0.05, 0.1) is 24.2 Å². The maximum absolute atomic E-state index is 13.3. The molecule has 0 bridgehead atoms. The minimum atomic E-state index is -1.19. The molecule has 9 heteroatoms. The quantitative estimate of drug-likeness (QED) is 0.461. The van der Waals surface area contributed by atoms with E-state index in [1.165, 1.54) is 49.1 Å². The minimum Gasteiger partial charge on any atom is -0.465 e. The number of aromatic nitrogens is 2. The summed E-state index contributed by atoms with van der Waals surface area (Å²) in [6.45, 7) is 7.01. The van der Waals surface area contributed by atoms with Crippen molar-refractivity contribution in [1.29, 1.82) is 0 Å². The molecule has 1 saturated carbocycles. The number of aliphatic hydroxyl groups is 1. The lowest BCUT2D eigenvalue weighted by Crippen LogP contribution is -2.61. The first-order valence-corrected chi connectivity index (χ1v) is 14.1. The molecule has 39 heavy (non-hydrogen) atoms. The van der Waals surface area contributed by atoms with Crippen molar-refractivity contribution < 1.29 is 19.8 Å². The normalized spacial score (nSPS) is 22.3. The van der Waals surface area contributed by atoms with Gasteiger partial charge in [-0.1, -0.05) is 77.1 Å². The van der Waals surface area contributed by atoms with Gasteiger partial charge >= 0.3 is 6.09 Å². The summed E-state index contributed by atoms with van der Waals surface area (Å²) in [4.78, 5) is 43.7. The lowest BCUT2D eigenvalue weighted by atomic mass is 9.69. The number of amides is 2. The van der Waals surface area contributed by atoms with Crippen LogP contribution in [0.5, 0.6) is 0 Å². The summed E-state index contributed by atoms with van der Waals surface area (Å²) in [5, 5.41) is 23.0. The molecule has 1 saturated heterocycles. The van der Waals surface area contributed by atoms with E-state index in [9.17, 15) is 19.5 Å². The van der Waals surface area contributed by atoms with Crippen molar-refractivity contribution in [1.82, 2.24) is 19.8 Å². The Kier molecular flexibility index (Phi) is 8.79. The highest BCUT2D eigenvalue weighted by Gasteiger charge is 2.49. The van der Waals surface area contributed by atoms with Gasteiger partial charge in [0.15, 0.2) is 0 Å². The fourth-order valence-corrected chi connectivity index (χ4v) is 6.25. The minimum absolute atomic E-state index is 0.0250. The van der Waals surface area contributed by atoms with Crippen molar-refractivity contribution in [2.24, 2.45) is 17.3 Å². The zero-order chi connectivity index (χ0) is 28.2. The summed E-state index contributed by atoms with van der Waals surface area (Å²) in [6, 6.07) is 8.61. The molecule has 2 aromatic rings. The lowest BCUT2D eigenvalue weighted by Gasteiger charge is -2.50. The smallest absolute Gasteiger partial charge is 0.404 e. The maximum atomic E-state index is 13.3. The number of nitrogens with one attached hydrogen (secondary N) is 1. The molecule has 1 aliphatic carbocycles. The number of carbonyl (C=O) groups is 2. The van der Waals surface area contributed by atoms with Gasteiger partial charge in [-0.2, -0.15) is 0 Å². The average Bonchev–Trinajstić information content (AvgIpc) is 2.90. The topological polar surface area (TPSA) is 125 Å². The van der Waals surface area contributed by atoms with E-state index in [0.29, 0.717) is 42.2 Å². The number of rotatable bonds is 8. The molecule has 1 aliphatic heterocycles. The van der Waals surface area contributed by atoms with Crippen molar-refractivity contribution in [3.63, 3.8) is 0 Å². The van der Waals surface area contributed by atoms with E-state index in [0.717, 1.165) is 6.42 Å². The third-order valence-electron chi connectivity index (χ3n) is 8.82. The van der Waals surface area contributed by atoms with Crippen molar-refractivity contribution in [3.8, 4) is 11.3 Å². The number of piperidine rings is 1. The van der Waals surface area contributed by atoms with E-state index in [2.05, 4.69) is 10.3 Å². The first-order valence-electron chi connectivity index (χ1n) is 14.1. The molecule has 2 amide bonds. The fourth-order valence-electron chi connectivity index (χ4n) is 6.25. The van der Waals surface area contributed by atoms with Crippen LogP contribution in [0.3, 0.4) is 0 Å². The molecule has 4 rings (SSSR count). The molecule has 212 valence electrons. The number of benzene rings is 1. The molecular weight excluding hydrogens is 496 g/mol. The van der Waals surface area contributed by atoms with Crippen LogP contribution >= 0.6 is 0 Å². The highest BCUT2D eigenvalue weighted by Crippen LogP contribution is 2.40. The Morgan fingerprint density at radius 2 is 1.90 bits per heavy atom. The van der Waals surface area contributed by atoms with Crippen LogP contribution in [0.1, 0.15) is 71.3 Å². The van der Waals surface area contributed by atoms with E-state index in [1.54, 1.807) is 18.2 Å². The zero-order valence-electron chi connectivity index (χ0n) is 23.4. The number of hydrogen-bond donors (Lipinski definition) is 3. The van der Waals surface area contributed by atoms with Gasteiger partial charge in [0.1, 0.15) is 0 Å². The van der Waals surface area contributed by atoms with Crippen molar-refractivity contribution in [2.75, 3.05) is 13.1 Å². The van der Waals surface area contributed by atoms with Gasteiger partial charge in [-0.25, -0.2) is 9.78 Å². The third kappa shape index (κ3) is 6.69. The molecule has 0 spiro atoms. The standard InChI is InChI=1S/C30H42N4O5/c1-21(15-22-9-5-4-6-10-22)27(36)33-14-13-30(39,29(2,3)18-33)19-34-20-32-25(16-26(34)35)24-12-8-7-11-23(24)17-31-28(37)38/h7-8,11-12,16,20-22,31,39H,4-6,9-10,13-15,17-19H2,1-3H3,(H,37,38). The van der Waals surface area contributed by atoms with Crippen LogP contribution < -0.4 is 10.9 Å². The summed E-state index contributed by atoms with van der Waals surface area (Å²) >= 11 is 0. The number of nitrogens with zero attached hydrogens (tertiary/aromatic N) is 3. The molecular formula is C30H42N4O5. The van der Waals surface area contributed by atoms with Crippen LogP contribution in [0.4, 0.5) is 4.79 Å². The average molecular weight is 539 g/mol. The SMILES string of the molecule is CC(CC1CCCCC1)C(=O)N1CCC(O)(Cn2cnc(-c3ccccc3CNC(=O)O)cc2=O)C(C)(C)C1. The Labute approximate surface area is 230 Å². The first kappa shape index (κ1) is 28.8. The fraction of sp³-hybridized carbons (Fsp3) is 0.600. The molecule has 1 aromatic heterocycles. The van der Waals surface area contributed by atoms with E-state index in [1.807, 2.05) is 31.7 Å². The van der Waals surface area contributed by atoms with Gasteiger partial charge < -0.3 is 20.4 Å². The Bertz CT molecular complexity index is 1240. The van der Waals surface area contributed by atoms with Gasteiger partial charge in [-0.3, -0.25) is 14.2 Å². The molecule has 3 N–H and O–H groups in total. The molecule has 1 aromatic carbocycles. The second kappa shape index (κ2) is 11.9. The van der Waals surface area contributed by atoms with Crippen molar-refractivity contribution in [2.45, 2.75) is 84.4 Å². The number of hydrogen-bond acceptors (Lipinski definition) is 5. The van der Waals surface area contributed by atoms with Crippen LogP contribution in [-0.4, -0.2) is 55.4 Å². The van der Waals surface area contributed by atoms with Gasteiger partial charge in [-0.05, 0) is 24.3 Å². The van der Waals surface area contributed by atoms with Crippen LogP contribution in [0, 0.1) is 17.3 Å². The molecule has 0 radical (unpaired) electrons. The Morgan fingerprint density at radius 1 is 1.18 bits per heavy atom. The molecule has 2 heterocycles. The van der Waals surface area contributed by atoms with Gasteiger partial charge in [0, 0.05) is 42.6 Å². The lowest BCUT2D eigenvalue weighted by molar-refractivity contribution is -0.157. The van der Waals surface area contributed by atoms with Gasteiger partial charge in [0.25, 0.3) is 5.56 Å². The van der Waals surface area contributed by atoms with Crippen LogP contribution in [0.25, 0.3) is 11.3 Å². The predicted octanol–water partition coefficient (Wildman–Crippen LogP) is 4.27. The number of carbonyl (C=O) groups excluding carboxylic acids is 1. The molecule has 2 aliphatic rings. The predicted molar refractivity (Wildman–Crippen MR) is 149 cm³/mol. The van der Waals surface area contributed by atoms with Crippen LogP contribution in [0.15, 0.2) is 41.5 Å². The maximum Gasteiger partial charge on any atom is 0.404 e. The van der Waals surface area contributed by atoms with Crippen LogP contribution in [0.2, 0.25) is 0 Å². The number of carboxylic acid groups (broad SMARTS) is 1. The molecule has 2 atom stereocenters. The highest BCUT2D eigenvalue weighted by atomic mass is 16.4. The van der Waals surface area contributed by atoms with Gasteiger partial charge in [-0.15, -0.1) is 0 Å². The molecule has 2 unspecified atom stereocenters. The Balaban J connectivity index is 1.44. The molecule has 9 nitrogen and oxygen atoms in total. The van der Waals surface area contributed by atoms with Crippen LogP contribution in [-0.2, 0) is 17.9 Å². The second-order valence-corrected chi connectivity index (χ2v) is 12.1. The van der Waals surface area contributed by atoms with Crippen molar-refractivity contribution >= 4 is 12.0 Å². The molecule has 2 fully saturated rings. The van der Waals surface area contributed by atoms with E-state index in [-0.39, 0.29) is 30.5 Å². The van der Waals surface area contributed by atoms with Crippen molar-refractivity contribution in [3.05, 3.63) is 52.6 Å². The Morgan fingerprint density at radius 3 is 2.56 bits per heavy atom. The number of likely N-dealkylation sites (tertiary alicyclic amines) is 1. The van der Waals surface area contributed by atoms with E-state index < -0.39 is 17.1 Å². The first-order chi connectivity index (χ1) is 18.5. The Hall–Kier alpha value is -3.20. The summed E-state index contributed by atoms with van der Waals surface area (Å²) in [7, 11) is 0. The monoisotopic (exact) mass is 538 g/mol. The third-order valence-corrected chi connectivity index (χ3v) is 8.82. The highest BCUT2D eigenvalue weighted by molar-refractivity contribution is 5.78. The van der Waals surface area contributed by atoms with E-state index in [4.69, 9.17) is 5.11 Å². The largest absolute Gasteiger partial charge is 0.465 e. The summed E-state index contributed by atoms with van der Waals surface area (Å²) in [5.41, 5.74) is -0.295. The summed E-state index contributed by atoms with van der Waals surface area (Å²) < 4.78 is 1.42. The van der Waals surface area contributed by atoms with Gasteiger partial charge in [0.2, 0.25) is 5.91 Å². The van der Waals surface area contributed by atoms with E-state index >= 15 is 0 Å². The zero-order valence-corrected chi connectivity index (χ0v) is 23.4. The second-order valence-electron chi connectivity index (χ2n) is 12.1. The summed E-state index contributed by atoms with van der Waals surface area (Å²) in [6.07, 6.45) is 7.88.